The Morgan fingerprint density at radius 1 is 1.47 bits per heavy atom. The summed E-state index contributed by atoms with van der Waals surface area (Å²) in [6, 6.07) is 7.27. The van der Waals surface area contributed by atoms with Gasteiger partial charge in [0, 0.05) is 6.54 Å². The van der Waals surface area contributed by atoms with E-state index in [1.807, 2.05) is 18.2 Å². The molecule has 0 aromatic heterocycles. The first-order valence-corrected chi connectivity index (χ1v) is 7.48. The molecule has 1 rings (SSSR count). The number of nitrogens with one attached hydrogen (secondary N) is 1. The first-order chi connectivity index (χ1) is 7.07. The van der Waals surface area contributed by atoms with Crippen molar-refractivity contribution in [2.75, 3.05) is 13.4 Å². The van der Waals surface area contributed by atoms with E-state index in [2.05, 4.69) is 4.72 Å². The van der Waals surface area contributed by atoms with E-state index < -0.39 is 9.06 Å². The molecule has 0 unspecified atom stereocenters. The topological polar surface area (TPSA) is 55.4 Å². The summed E-state index contributed by atoms with van der Waals surface area (Å²) in [6.07, 6.45) is 1.52. The van der Waals surface area contributed by atoms with Gasteiger partial charge in [0.25, 0.3) is 9.06 Å². The third-order valence-electron chi connectivity index (χ3n) is 1.81. The zero-order chi connectivity index (χ0) is 11.3. The first kappa shape index (κ1) is 12.4. The molecule has 84 valence electrons. The van der Waals surface area contributed by atoms with Gasteiger partial charge in [-0.3, -0.25) is 0 Å². The van der Waals surface area contributed by atoms with Gasteiger partial charge in [-0.1, -0.05) is 12.1 Å². The van der Waals surface area contributed by atoms with Crippen LogP contribution in [0.2, 0.25) is 0 Å². The van der Waals surface area contributed by atoms with Crippen LogP contribution in [0.15, 0.2) is 24.3 Å². The van der Waals surface area contributed by atoms with Crippen LogP contribution in [0.25, 0.3) is 0 Å². The lowest BCUT2D eigenvalue weighted by Gasteiger charge is -2.05. The molecule has 0 radical (unpaired) electrons. The Kier molecular flexibility index (Phi) is 4.44. The summed E-state index contributed by atoms with van der Waals surface area (Å²) < 4.78 is 29.8. The van der Waals surface area contributed by atoms with Gasteiger partial charge in [-0.05, 0) is 34.7 Å². The number of benzene rings is 1. The van der Waals surface area contributed by atoms with Crippen molar-refractivity contribution in [2.45, 2.75) is 6.54 Å². The minimum absolute atomic E-state index is 0.278. The predicted octanol–water partition coefficient (Wildman–Crippen LogP) is 1.39. The molecule has 0 aliphatic rings. The molecule has 0 saturated carbocycles. The van der Waals surface area contributed by atoms with E-state index >= 15 is 0 Å². The molecule has 6 heteroatoms. The Hall–Kier alpha value is -0.720. The third kappa shape index (κ3) is 4.11. The fraction of sp³-hybridized carbons (Fsp3) is 0.333. The Balaban J connectivity index is 2.65. The molecule has 1 N–H and O–H groups in total. The van der Waals surface area contributed by atoms with Crippen molar-refractivity contribution in [3.05, 3.63) is 29.8 Å². The van der Waals surface area contributed by atoms with E-state index in [9.17, 15) is 8.42 Å². The highest BCUT2D eigenvalue weighted by molar-refractivity contribution is 8.71. The number of methoxy groups -OCH3 is 1. The van der Waals surface area contributed by atoms with Gasteiger partial charge in [-0.25, -0.2) is 13.1 Å². The van der Waals surface area contributed by atoms with E-state index in [1.54, 1.807) is 13.2 Å². The summed E-state index contributed by atoms with van der Waals surface area (Å²) in [5, 5.41) is 0. The van der Waals surface area contributed by atoms with Crippen LogP contribution in [-0.2, 0) is 15.6 Å². The van der Waals surface area contributed by atoms with Gasteiger partial charge in [0.2, 0.25) is 0 Å². The molecular weight excluding hydrogens is 234 g/mol. The zero-order valence-corrected chi connectivity index (χ0v) is 10.2. The Morgan fingerprint density at radius 2 is 2.20 bits per heavy atom. The Morgan fingerprint density at radius 3 is 2.80 bits per heavy atom. The van der Waals surface area contributed by atoms with E-state index in [4.69, 9.17) is 4.74 Å². The van der Waals surface area contributed by atoms with Gasteiger partial charge in [0.05, 0.1) is 7.11 Å². The van der Waals surface area contributed by atoms with Crippen LogP contribution in [0.4, 0.5) is 0 Å². The SMILES string of the molecule is COc1cccc(CNS(=O)(=O)SC)c1. The normalized spacial score (nSPS) is 11.3. The fourth-order valence-corrected chi connectivity index (χ4v) is 2.00. The molecule has 0 spiro atoms. The highest BCUT2D eigenvalue weighted by Gasteiger charge is 2.06. The van der Waals surface area contributed by atoms with E-state index in [0.29, 0.717) is 0 Å². The summed E-state index contributed by atoms with van der Waals surface area (Å²) >= 11 is 0. The van der Waals surface area contributed by atoms with Crippen molar-refractivity contribution < 1.29 is 13.2 Å². The van der Waals surface area contributed by atoms with Crippen molar-refractivity contribution in [1.29, 1.82) is 0 Å². The summed E-state index contributed by atoms with van der Waals surface area (Å²) in [6.45, 7) is 0.278. The number of hydrogen-bond acceptors (Lipinski definition) is 4. The first-order valence-electron chi connectivity index (χ1n) is 4.25. The third-order valence-corrected chi connectivity index (χ3v) is 4.41. The maximum absolute atomic E-state index is 11.1. The van der Waals surface area contributed by atoms with Crippen LogP contribution in [0.1, 0.15) is 5.56 Å². The van der Waals surface area contributed by atoms with Crippen molar-refractivity contribution in [1.82, 2.24) is 4.72 Å². The molecular formula is C9H13NO3S2. The van der Waals surface area contributed by atoms with Gasteiger partial charge in [0.1, 0.15) is 5.75 Å². The molecule has 0 amide bonds. The molecule has 0 bridgehead atoms. The largest absolute Gasteiger partial charge is 0.497 e. The second-order valence-electron chi connectivity index (χ2n) is 2.79. The van der Waals surface area contributed by atoms with E-state index in [-0.39, 0.29) is 6.54 Å². The molecule has 15 heavy (non-hydrogen) atoms. The quantitative estimate of drug-likeness (QED) is 0.799. The van der Waals surface area contributed by atoms with Crippen molar-refractivity contribution >= 4 is 19.8 Å². The maximum Gasteiger partial charge on any atom is 0.264 e. The molecule has 0 aliphatic heterocycles. The highest BCUT2D eigenvalue weighted by Crippen LogP contribution is 2.13. The molecule has 1 aromatic rings. The highest BCUT2D eigenvalue weighted by atomic mass is 33.1. The van der Waals surface area contributed by atoms with Crippen LogP contribution >= 0.6 is 10.8 Å². The van der Waals surface area contributed by atoms with Crippen molar-refractivity contribution in [2.24, 2.45) is 0 Å². The van der Waals surface area contributed by atoms with Crippen LogP contribution in [0, 0.1) is 0 Å². The monoisotopic (exact) mass is 247 g/mol. The maximum atomic E-state index is 11.1. The number of rotatable bonds is 5. The van der Waals surface area contributed by atoms with Crippen molar-refractivity contribution in [3.63, 3.8) is 0 Å². The number of ether oxygens (including phenoxy) is 1. The van der Waals surface area contributed by atoms with Crippen LogP contribution < -0.4 is 9.46 Å². The van der Waals surface area contributed by atoms with Crippen LogP contribution in [0.5, 0.6) is 5.75 Å². The second kappa shape index (κ2) is 5.39. The van der Waals surface area contributed by atoms with E-state index in [0.717, 1.165) is 22.1 Å². The Bertz CT molecular complexity index is 417. The smallest absolute Gasteiger partial charge is 0.264 e. The fourth-order valence-electron chi connectivity index (χ4n) is 1.01. The summed E-state index contributed by atoms with van der Waals surface area (Å²) in [4.78, 5) is 0. The molecule has 4 nitrogen and oxygen atoms in total. The summed E-state index contributed by atoms with van der Waals surface area (Å²) in [5.41, 5.74) is 0.868. The molecule has 0 fully saturated rings. The molecule has 0 heterocycles. The molecule has 0 atom stereocenters. The van der Waals surface area contributed by atoms with Gasteiger partial charge >= 0.3 is 0 Å². The van der Waals surface area contributed by atoms with E-state index in [1.165, 1.54) is 6.26 Å². The average Bonchev–Trinajstić information content (AvgIpc) is 2.27. The van der Waals surface area contributed by atoms with Gasteiger partial charge in [-0.15, -0.1) is 0 Å². The van der Waals surface area contributed by atoms with Crippen molar-refractivity contribution in [3.8, 4) is 5.75 Å². The van der Waals surface area contributed by atoms with Crippen LogP contribution in [-0.4, -0.2) is 21.8 Å². The Labute approximate surface area is 93.5 Å². The average molecular weight is 247 g/mol. The lowest BCUT2D eigenvalue weighted by Crippen LogP contribution is -2.19. The lowest BCUT2D eigenvalue weighted by atomic mass is 10.2. The minimum atomic E-state index is -3.21. The summed E-state index contributed by atoms with van der Waals surface area (Å²) in [7, 11) is -0.851. The minimum Gasteiger partial charge on any atom is -0.497 e. The van der Waals surface area contributed by atoms with Gasteiger partial charge in [-0.2, -0.15) is 0 Å². The lowest BCUT2D eigenvalue weighted by molar-refractivity contribution is 0.414. The second-order valence-corrected chi connectivity index (χ2v) is 6.64. The molecule has 0 aliphatic carbocycles. The molecule has 1 aromatic carbocycles. The van der Waals surface area contributed by atoms with Gasteiger partial charge < -0.3 is 4.74 Å². The van der Waals surface area contributed by atoms with Crippen LogP contribution in [0.3, 0.4) is 0 Å². The molecule has 0 saturated heterocycles. The number of hydrogen-bond donors (Lipinski definition) is 1. The predicted molar refractivity (Wildman–Crippen MR) is 62.3 cm³/mol. The van der Waals surface area contributed by atoms with Gasteiger partial charge in [0.15, 0.2) is 0 Å². The standard InChI is InChI=1S/C9H13NO3S2/c1-13-9-5-3-4-8(6-9)7-10-15(11,12)14-2/h3-6,10H,7H2,1-2H3. The summed E-state index contributed by atoms with van der Waals surface area (Å²) in [5.74, 6) is 0.718. The zero-order valence-electron chi connectivity index (χ0n) is 8.56.